The number of benzene rings is 3. The summed E-state index contributed by atoms with van der Waals surface area (Å²) in [5.74, 6) is 1.48. The molecule has 1 N–H and O–H groups in total. The van der Waals surface area contributed by atoms with Gasteiger partial charge in [0.05, 0.1) is 13.5 Å². The number of ether oxygens (including phenoxy) is 2. The van der Waals surface area contributed by atoms with Crippen LogP contribution in [0.15, 0.2) is 60.7 Å². The van der Waals surface area contributed by atoms with Crippen LogP contribution in [0, 0.1) is 5.92 Å². The highest BCUT2D eigenvalue weighted by Crippen LogP contribution is 2.32. The van der Waals surface area contributed by atoms with Gasteiger partial charge in [0.15, 0.2) is 0 Å². The molecule has 0 heterocycles. The Bertz CT molecular complexity index is 1140. The zero-order chi connectivity index (χ0) is 25.4. The van der Waals surface area contributed by atoms with Crippen LogP contribution in [-0.2, 0) is 17.8 Å². The smallest absolute Gasteiger partial charge is 0.303 e. The minimum Gasteiger partial charge on any atom is -0.497 e. The Kier molecular flexibility index (Phi) is 9.74. The maximum Gasteiger partial charge on any atom is 0.303 e. The van der Waals surface area contributed by atoms with E-state index in [-0.39, 0.29) is 12.3 Å². The summed E-state index contributed by atoms with van der Waals surface area (Å²) in [6.07, 6.45) is 3.01. The van der Waals surface area contributed by atoms with Crippen LogP contribution in [0.1, 0.15) is 62.6 Å². The number of hydrogen-bond donors (Lipinski definition) is 1. The molecule has 35 heavy (non-hydrogen) atoms. The van der Waals surface area contributed by atoms with Gasteiger partial charge in [-0.1, -0.05) is 63.6 Å². The number of hydrogen-bond acceptors (Lipinski definition) is 3. The average Bonchev–Trinajstić information content (AvgIpc) is 2.86. The van der Waals surface area contributed by atoms with Crippen LogP contribution >= 0.6 is 9.24 Å². The van der Waals surface area contributed by atoms with E-state index in [1.807, 2.05) is 37.3 Å². The van der Waals surface area contributed by atoms with Crippen molar-refractivity contribution in [1.82, 2.24) is 0 Å². The van der Waals surface area contributed by atoms with E-state index in [4.69, 9.17) is 9.47 Å². The molecule has 0 aromatic heterocycles. The van der Waals surface area contributed by atoms with Gasteiger partial charge in [-0.25, -0.2) is 0 Å². The first-order valence-corrected chi connectivity index (χ1v) is 12.9. The second kappa shape index (κ2) is 12.7. The van der Waals surface area contributed by atoms with Gasteiger partial charge in [-0.05, 0) is 82.1 Å². The molecule has 3 aromatic carbocycles. The summed E-state index contributed by atoms with van der Waals surface area (Å²) >= 11 is 0. The third-order valence-corrected chi connectivity index (χ3v) is 7.14. The summed E-state index contributed by atoms with van der Waals surface area (Å²) in [5.41, 5.74) is 5.70. The highest BCUT2D eigenvalue weighted by atomic mass is 31.0. The molecule has 0 fully saturated rings. The lowest BCUT2D eigenvalue weighted by atomic mass is 9.91. The normalized spacial score (nSPS) is 12.7. The minimum atomic E-state index is -0.767. The number of carbonyl (C=O) groups is 1. The molecule has 0 aliphatic carbocycles. The monoisotopic (exact) mass is 492 g/mol. The second-order valence-corrected chi connectivity index (χ2v) is 9.85. The Morgan fingerprint density at radius 3 is 2.43 bits per heavy atom. The molecule has 3 aromatic rings. The van der Waals surface area contributed by atoms with Gasteiger partial charge in [-0.15, -0.1) is 9.24 Å². The second-order valence-electron chi connectivity index (χ2n) is 9.23. The predicted octanol–water partition coefficient (Wildman–Crippen LogP) is 7.00. The standard InChI is InChI=1S/C30H37O4P/c1-5-20(3)14-24-16-26(10-12-27(24)28-18-25(33-4)11-13-29(28)35)34-19-21-8-7-9-23(15-21)22(6-2)17-30(31)32/h7-13,15-16,18,20,22H,5-6,14,17,19,35H2,1-4H3,(H,31,32). The molecule has 0 bridgehead atoms. The van der Waals surface area contributed by atoms with Crippen LogP contribution in [-0.4, -0.2) is 18.2 Å². The number of methoxy groups -OCH3 is 1. The fourth-order valence-corrected chi connectivity index (χ4v) is 4.65. The van der Waals surface area contributed by atoms with Gasteiger partial charge >= 0.3 is 5.97 Å². The van der Waals surface area contributed by atoms with Crippen molar-refractivity contribution in [3.63, 3.8) is 0 Å². The molecular formula is C30H37O4P. The van der Waals surface area contributed by atoms with Crippen molar-refractivity contribution in [2.45, 2.75) is 59.0 Å². The van der Waals surface area contributed by atoms with Gasteiger partial charge in [-0.2, -0.15) is 0 Å². The molecule has 0 aliphatic rings. The maximum absolute atomic E-state index is 11.2. The van der Waals surface area contributed by atoms with E-state index in [0.29, 0.717) is 12.5 Å². The van der Waals surface area contributed by atoms with Crippen LogP contribution in [0.4, 0.5) is 0 Å². The fraction of sp³-hybridized carbons (Fsp3) is 0.367. The summed E-state index contributed by atoms with van der Waals surface area (Å²) in [6.45, 7) is 6.96. The molecule has 3 rings (SSSR count). The molecule has 0 radical (unpaired) electrons. The molecule has 0 amide bonds. The van der Waals surface area contributed by atoms with Crippen molar-refractivity contribution >= 4 is 20.5 Å². The Morgan fingerprint density at radius 2 is 1.74 bits per heavy atom. The molecule has 0 aliphatic heterocycles. The van der Waals surface area contributed by atoms with E-state index < -0.39 is 5.97 Å². The van der Waals surface area contributed by atoms with Gasteiger partial charge in [0.1, 0.15) is 18.1 Å². The van der Waals surface area contributed by atoms with Crippen molar-refractivity contribution < 1.29 is 19.4 Å². The van der Waals surface area contributed by atoms with Gasteiger partial charge in [0.2, 0.25) is 0 Å². The lowest BCUT2D eigenvalue weighted by molar-refractivity contribution is -0.137. The van der Waals surface area contributed by atoms with E-state index in [1.165, 1.54) is 11.1 Å². The minimum absolute atomic E-state index is 0.0119. The van der Waals surface area contributed by atoms with E-state index in [1.54, 1.807) is 7.11 Å². The molecular weight excluding hydrogens is 455 g/mol. The third-order valence-electron chi connectivity index (χ3n) is 6.63. The Labute approximate surface area is 211 Å². The van der Waals surface area contributed by atoms with Crippen molar-refractivity contribution in [2.24, 2.45) is 5.92 Å². The van der Waals surface area contributed by atoms with Crippen LogP contribution < -0.4 is 14.8 Å². The number of aliphatic carboxylic acids is 1. The maximum atomic E-state index is 11.2. The summed E-state index contributed by atoms with van der Waals surface area (Å²) in [5, 5.41) is 10.4. The van der Waals surface area contributed by atoms with Crippen molar-refractivity contribution in [1.29, 1.82) is 0 Å². The first-order chi connectivity index (χ1) is 16.8. The molecule has 3 atom stereocenters. The predicted molar refractivity (Wildman–Crippen MR) is 147 cm³/mol. The highest BCUT2D eigenvalue weighted by Gasteiger charge is 2.15. The summed E-state index contributed by atoms with van der Waals surface area (Å²) in [6, 6.07) is 20.6. The number of carboxylic acid groups (broad SMARTS) is 1. The Balaban J connectivity index is 1.86. The SMILES string of the molecule is CCC(C)Cc1cc(OCc2cccc(C(CC)CC(=O)O)c2)ccc1-c1cc(OC)ccc1P. The first-order valence-electron chi connectivity index (χ1n) is 12.3. The van der Waals surface area contributed by atoms with Crippen molar-refractivity contribution in [3.05, 3.63) is 77.4 Å². The van der Waals surface area contributed by atoms with Crippen molar-refractivity contribution in [3.8, 4) is 22.6 Å². The van der Waals surface area contributed by atoms with E-state index in [2.05, 4.69) is 53.4 Å². The molecule has 3 unspecified atom stereocenters. The van der Waals surface area contributed by atoms with Crippen LogP contribution in [0.25, 0.3) is 11.1 Å². The van der Waals surface area contributed by atoms with Crippen LogP contribution in [0.3, 0.4) is 0 Å². The first kappa shape index (κ1) is 26.8. The third kappa shape index (κ3) is 7.32. The Morgan fingerprint density at radius 1 is 0.971 bits per heavy atom. The van der Waals surface area contributed by atoms with Gasteiger partial charge in [0, 0.05) is 0 Å². The molecule has 186 valence electrons. The summed E-state index contributed by atoms with van der Waals surface area (Å²) in [7, 11) is 4.53. The zero-order valence-electron chi connectivity index (χ0n) is 21.2. The van der Waals surface area contributed by atoms with E-state index in [0.717, 1.165) is 52.8 Å². The molecule has 0 spiro atoms. The summed E-state index contributed by atoms with van der Waals surface area (Å²) in [4.78, 5) is 11.2. The molecule has 0 saturated heterocycles. The largest absolute Gasteiger partial charge is 0.497 e. The van der Waals surface area contributed by atoms with Gasteiger partial charge in [-0.3, -0.25) is 4.79 Å². The lowest BCUT2D eigenvalue weighted by Crippen LogP contribution is -2.07. The summed E-state index contributed by atoms with van der Waals surface area (Å²) < 4.78 is 11.7. The van der Waals surface area contributed by atoms with E-state index >= 15 is 0 Å². The van der Waals surface area contributed by atoms with Crippen LogP contribution in [0.2, 0.25) is 0 Å². The average molecular weight is 493 g/mol. The zero-order valence-corrected chi connectivity index (χ0v) is 22.4. The number of rotatable bonds is 12. The fourth-order valence-electron chi connectivity index (χ4n) is 4.32. The quantitative estimate of drug-likeness (QED) is 0.277. The van der Waals surface area contributed by atoms with Gasteiger partial charge in [0.25, 0.3) is 0 Å². The van der Waals surface area contributed by atoms with Crippen molar-refractivity contribution in [2.75, 3.05) is 7.11 Å². The Hall–Kier alpha value is -2.84. The lowest BCUT2D eigenvalue weighted by Gasteiger charge is -2.18. The molecule has 0 saturated carbocycles. The van der Waals surface area contributed by atoms with Gasteiger partial charge < -0.3 is 14.6 Å². The topological polar surface area (TPSA) is 55.8 Å². The number of carboxylic acids is 1. The van der Waals surface area contributed by atoms with E-state index in [9.17, 15) is 9.90 Å². The molecule has 5 heteroatoms. The highest BCUT2D eigenvalue weighted by molar-refractivity contribution is 7.28. The molecule has 4 nitrogen and oxygen atoms in total. The van der Waals surface area contributed by atoms with Crippen LogP contribution in [0.5, 0.6) is 11.5 Å².